The van der Waals surface area contributed by atoms with E-state index in [4.69, 9.17) is 16.3 Å². The Bertz CT molecular complexity index is 976. The molecule has 144 valence electrons. The van der Waals surface area contributed by atoms with Crippen molar-refractivity contribution in [3.63, 3.8) is 0 Å². The molecule has 2 amide bonds. The van der Waals surface area contributed by atoms with Gasteiger partial charge in [-0.2, -0.15) is 0 Å². The van der Waals surface area contributed by atoms with E-state index in [0.29, 0.717) is 53.8 Å². The van der Waals surface area contributed by atoms with E-state index in [2.05, 4.69) is 0 Å². The first-order valence-electron chi connectivity index (χ1n) is 9.27. The number of hydrogen-bond acceptors (Lipinski definition) is 4. The number of rotatable bonds is 3. The minimum absolute atomic E-state index is 0.312. The number of ether oxygens (including phenoxy) is 1. The third kappa shape index (κ3) is 3.11. The first-order chi connectivity index (χ1) is 13.5. The second kappa shape index (κ2) is 7.41. The van der Waals surface area contributed by atoms with Crippen molar-refractivity contribution < 1.29 is 14.3 Å². The zero-order valence-electron chi connectivity index (χ0n) is 15.9. The normalized spacial score (nSPS) is 17.7. The Morgan fingerprint density at radius 2 is 1.61 bits per heavy atom. The summed E-state index contributed by atoms with van der Waals surface area (Å²) in [5.41, 5.74) is 3.94. The summed E-state index contributed by atoms with van der Waals surface area (Å²) in [4.78, 5) is 30.1. The van der Waals surface area contributed by atoms with Gasteiger partial charge in [0.25, 0.3) is 11.8 Å². The van der Waals surface area contributed by atoms with Crippen LogP contribution in [-0.4, -0.2) is 43.0 Å². The van der Waals surface area contributed by atoms with Crippen molar-refractivity contribution in [3.8, 4) is 0 Å². The summed E-state index contributed by atoms with van der Waals surface area (Å²) in [6.07, 6.45) is 0. The highest BCUT2D eigenvalue weighted by atomic mass is 35.5. The van der Waals surface area contributed by atoms with Crippen molar-refractivity contribution in [1.29, 1.82) is 0 Å². The second-order valence-corrected chi connectivity index (χ2v) is 7.43. The first-order valence-corrected chi connectivity index (χ1v) is 9.64. The predicted octanol–water partition coefficient (Wildman–Crippen LogP) is 3.57. The molecule has 0 spiro atoms. The molecular formula is C22H21ClN2O3. The molecule has 0 unspecified atom stereocenters. The predicted molar refractivity (Wildman–Crippen MR) is 109 cm³/mol. The summed E-state index contributed by atoms with van der Waals surface area (Å²) < 4.78 is 5.43. The Morgan fingerprint density at radius 1 is 0.929 bits per heavy atom. The molecule has 2 aromatic carbocycles. The van der Waals surface area contributed by atoms with Gasteiger partial charge in [0.15, 0.2) is 0 Å². The van der Waals surface area contributed by atoms with Gasteiger partial charge in [-0.25, -0.2) is 4.90 Å². The van der Waals surface area contributed by atoms with Crippen LogP contribution in [0.2, 0.25) is 5.02 Å². The molecule has 0 saturated carbocycles. The monoisotopic (exact) mass is 396 g/mol. The fraction of sp³-hybridized carbons (Fsp3) is 0.273. The van der Waals surface area contributed by atoms with Crippen LogP contribution in [0.25, 0.3) is 5.57 Å². The van der Waals surface area contributed by atoms with Crippen LogP contribution in [0.5, 0.6) is 0 Å². The maximum absolute atomic E-state index is 13.5. The Kier molecular flexibility index (Phi) is 4.96. The lowest BCUT2D eigenvalue weighted by molar-refractivity contribution is -0.121. The minimum atomic E-state index is -0.319. The lowest BCUT2D eigenvalue weighted by Crippen LogP contribution is -2.40. The summed E-state index contributed by atoms with van der Waals surface area (Å²) in [7, 11) is 0. The summed E-state index contributed by atoms with van der Waals surface area (Å²) in [6, 6.07) is 12.9. The van der Waals surface area contributed by atoms with Gasteiger partial charge in [0, 0.05) is 18.1 Å². The molecule has 0 bridgehead atoms. The molecule has 1 saturated heterocycles. The summed E-state index contributed by atoms with van der Waals surface area (Å²) in [5, 5.41) is 0.523. The molecule has 1 fully saturated rings. The highest BCUT2D eigenvalue weighted by molar-refractivity contribution is 6.46. The van der Waals surface area contributed by atoms with E-state index in [9.17, 15) is 9.59 Å². The number of morpholine rings is 1. The van der Waals surface area contributed by atoms with E-state index in [1.54, 1.807) is 18.2 Å². The standard InChI is InChI=1S/C22H21ClN2O3/c1-14-6-8-16(9-7-14)19-20(24-10-12-28-13-11-24)22(27)25(21(19)26)18-5-3-4-17(23)15(18)2/h3-9H,10-13H2,1-2H3. The van der Waals surface area contributed by atoms with Crippen LogP contribution in [0.3, 0.4) is 0 Å². The molecule has 2 aliphatic heterocycles. The molecule has 2 aliphatic rings. The number of benzene rings is 2. The lowest BCUT2D eigenvalue weighted by atomic mass is 10.0. The van der Waals surface area contributed by atoms with Gasteiger partial charge in [0.2, 0.25) is 0 Å². The van der Waals surface area contributed by atoms with Gasteiger partial charge < -0.3 is 9.64 Å². The maximum atomic E-state index is 13.5. The van der Waals surface area contributed by atoms with Gasteiger partial charge in [-0.05, 0) is 37.1 Å². The van der Waals surface area contributed by atoms with Gasteiger partial charge in [-0.3, -0.25) is 9.59 Å². The second-order valence-electron chi connectivity index (χ2n) is 7.02. The smallest absolute Gasteiger partial charge is 0.282 e. The number of aryl methyl sites for hydroxylation is 1. The third-order valence-electron chi connectivity index (χ3n) is 5.21. The fourth-order valence-electron chi connectivity index (χ4n) is 3.64. The number of halogens is 1. The number of anilines is 1. The highest BCUT2D eigenvalue weighted by Gasteiger charge is 2.43. The largest absolute Gasteiger partial charge is 0.378 e. The van der Waals surface area contributed by atoms with E-state index < -0.39 is 0 Å². The molecule has 0 radical (unpaired) electrons. The molecule has 0 atom stereocenters. The van der Waals surface area contributed by atoms with Gasteiger partial charge in [0.1, 0.15) is 5.70 Å². The highest BCUT2D eigenvalue weighted by Crippen LogP contribution is 2.37. The number of carbonyl (C=O) groups excluding carboxylic acids is 2. The average molecular weight is 397 g/mol. The maximum Gasteiger partial charge on any atom is 0.282 e. The van der Waals surface area contributed by atoms with Crippen molar-refractivity contribution in [2.24, 2.45) is 0 Å². The summed E-state index contributed by atoms with van der Waals surface area (Å²) in [5.74, 6) is -0.631. The Hall–Kier alpha value is -2.63. The van der Waals surface area contributed by atoms with Crippen LogP contribution in [0.15, 0.2) is 48.2 Å². The minimum Gasteiger partial charge on any atom is -0.378 e. The van der Waals surface area contributed by atoms with Crippen molar-refractivity contribution in [2.75, 3.05) is 31.2 Å². The molecule has 0 N–H and O–H groups in total. The summed E-state index contributed by atoms with van der Waals surface area (Å²) in [6.45, 7) is 6.02. The Morgan fingerprint density at radius 3 is 2.29 bits per heavy atom. The lowest BCUT2D eigenvalue weighted by Gasteiger charge is -2.29. The van der Waals surface area contributed by atoms with Crippen molar-refractivity contribution in [3.05, 3.63) is 69.9 Å². The van der Waals surface area contributed by atoms with Gasteiger partial charge in [-0.1, -0.05) is 47.5 Å². The number of amides is 2. The third-order valence-corrected chi connectivity index (χ3v) is 5.62. The average Bonchev–Trinajstić information content (AvgIpc) is 2.96. The van der Waals surface area contributed by atoms with Crippen LogP contribution >= 0.6 is 11.6 Å². The zero-order chi connectivity index (χ0) is 19.8. The van der Waals surface area contributed by atoms with Crippen molar-refractivity contribution >= 4 is 34.7 Å². The Balaban J connectivity index is 1.85. The molecule has 0 aromatic heterocycles. The number of hydrogen-bond donors (Lipinski definition) is 0. The van der Waals surface area contributed by atoms with Gasteiger partial charge in [0.05, 0.1) is 24.5 Å². The van der Waals surface area contributed by atoms with Crippen LogP contribution in [0, 0.1) is 13.8 Å². The number of imide groups is 1. The molecule has 2 aromatic rings. The molecule has 2 heterocycles. The SMILES string of the molecule is Cc1ccc(C2=C(N3CCOCC3)C(=O)N(c3cccc(Cl)c3C)C2=O)cc1. The van der Waals surface area contributed by atoms with E-state index in [-0.39, 0.29) is 11.8 Å². The van der Waals surface area contributed by atoms with Crippen molar-refractivity contribution in [2.45, 2.75) is 13.8 Å². The zero-order valence-corrected chi connectivity index (χ0v) is 16.6. The van der Waals surface area contributed by atoms with Crippen LogP contribution < -0.4 is 4.90 Å². The Labute approximate surface area is 169 Å². The van der Waals surface area contributed by atoms with Gasteiger partial charge in [-0.15, -0.1) is 0 Å². The number of nitrogens with zero attached hydrogens (tertiary/aromatic N) is 2. The van der Waals surface area contributed by atoms with Gasteiger partial charge >= 0.3 is 0 Å². The van der Waals surface area contributed by atoms with Crippen LogP contribution in [0.4, 0.5) is 5.69 Å². The molecule has 4 rings (SSSR count). The fourth-order valence-corrected chi connectivity index (χ4v) is 3.81. The van der Waals surface area contributed by atoms with E-state index in [0.717, 1.165) is 11.1 Å². The number of carbonyl (C=O) groups is 2. The van der Waals surface area contributed by atoms with Crippen LogP contribution in [0.1, 0.15) is 16.7 Å². The van der Waals surface area contributed by atoms with E-state index in [1.165, 1.54) is 4.90 Å². The first kappa shape index (κ1) is 18.7. The van der Waals surface area contributed by atoms with E-state index >= 15 is 0 Å². The van der Waals surface area contributed by atoms with Crippen molar-refractivity contribution in [1.82, 2.24) is 4.90 Å². The van der Waals surface area contributed by atoms with Crippen LogP contribution in [-0.2, 0) is 14.3 Å². The molecule has 5 nitrogen and oxygen atoms in total. The molecule has 28 heavy (non-hydrogen) atoms. The topological polar surface area (TPSA) is 49.9 Å². The molecule has 0 aliphatic carbocycles. The molecular weight excluding hydrogens is 376 g/mol. The quantitative estimate of drug-likeness (QED) is 0.744. The molecule has 6 heteroatoms. The summed E-state index contributed by atoms with van der Waals surface area (Å²) >= 11 is 6.25. The van der Waals surface area contributed by atoms with E-state index in [1.807, 2.05) is 43.0 Å².